The number of halogens is 2. The third kappa shape index (κ3) is 4.73. The number of benzene rings is 2. The lowest BCUT2D eigenvalue weighted by molar-refractivity contribution is -0.134. The predicted octanol–water partition coefficient (Wildman–Crippen LogP) is 2.44. The predicted molar refractivity (Wildman–Crippen MR) is 122 cm³/mol. The van der Waals surface area contributed by atoms with Gasteiger partial charge in [-0.2, -0.15) is 4.31 Å². The molecule has 2 fully saturated rings. The summed E-state index contributed by atoms with van der Waals surface area (Å²) >= 11 is 12.0. The van der Waals surface area contributed by atoms with Crippen LogP contribution in [0.15, 0.2) is 47.4 Å². The fraction of sp³-hybridized carbons (Fsp3) is 0.381. The molecule has 2 unspecified atom stereocenters. The summed E-state index contributed by atoms with van der Waals surface area (Å²) in [5.41, 5.74) is 7.27. The minimum Gasteiger partial charge on any atom is -0.495 e. The Labute approximate surface area is 197 Å². The zero-order valence-corrected chi connectivity index (χ0v) is 19.8. The molecular weight excluding hydrogens is 475 g/mol. The molecular formula is C21H24Cl2N4O4S. The number of carbonyl (C=O) groups excluding carboxylic acids is 1. The molecule has 8 nitrogen and oxygen atoms in total. The maximum atomic E-state index is 13.1. The van der Waals surface area contributed by atoms with Crippen molar-refractivity contribution in [3.05, 3.63) is 58.1 Å². The number of ether oxygens (including phenoxy) is 1. The van der Waals surface area contributed by atoms with Gasteiger partial charge in [-0.25, -0.2) is 19.3 Å². The van der Waals surface area contributed by atoms with Gasteiger partial charge in [0.25, 0.3) is 0 Å². The Bertz CT molecular complexity index is 1090. The monoisotopic (exact) mass is 498 g/mol. The Kier molecular flexibility index (Phi) is 6.94. The highest BCUT2D eigenvalue weighted by Gasteiger charge is 2.36. The van der Waals surface area contributed by atoms with E-state index in [1.807, 2.05) is 24.3 Å². The first kappa shape index (κ1) is 23.3. The topological polar surface area (TPSA) is 91.0 Å². The van der Waals surface area contributed by atoms with Gasteiger partial charge in [0, 0.05) is 42.3 Å². The third-order valence-corrected chi connectivity index (χ3v) is 8.17. The van der Waals surface area contributed by atoms with E-state index in [1.54, 1.807) is 11.0 Å². The molecule has 0 spiro atoms. The number of nitrogens with one attached hydrogen (secondary N) is 2. The number of methoxy groups -OCH3 is 1. The van der Waals surface area contributed by atoms with Crippen LogP contribution in [-0.2, 0) is 14.8 Å². The molecule has 2 saturated heterocycles. The molecule has 4 rings (SSSR count). The van der Waals surface area contributed by atoms with Gasteiger partial charge in [0.1, 0.15) is 16.7 Å². The largest absolute Gasteiger partial charge is 0.495 e. The SMILES string of the molecule is COc1ccc(Cl)cc1S(=O)(=O)N1CCN(C(=O)C2CC(c3ccc(Cl)cc3)NN2)CC1. The van der Waals surface area contributed by atoms with Crippen molar-refractivity contribution >= 4 is 39.1 Å². The Balaban J connectivity index is 1.38. The van der Waals surface area contributed by atoms with Crippen molar-refractivity contribution in [1.29, 1.82) is 0 Å². The molecule has 1 amide bonds. The molecule has 2 heterocycles. The van der Waals surface area contributed by atoms with Crippen LogP contribution in [-0.4, -0.2) is 62.9 Å². The lowest BCUT2D eigenvalue weighted by Crippen LogP contribution is -2.54. The maximum absolute atomic E-state index is 13.1. The van der Waals surface area contributed by atoms with E-state index in [0.29, 0.717) is 29.6 Å². The van der Waals surface area contributed by atoms with Crippen LogP contribution in [0.25, 0.3) is 0 Å². The standard InChI is InChI=1S/C21H24Cl2N4O4S/c1-31-19-7-6-16(23)12-20(19)32(29,30)27-10-8-26(9-11-27)21(28)18-13-17(24-25-18)14-2-4-15(22)5-3-14/h2-7,12,17-18,24-25H,8-11,13H2,1H3. The minimum absolute atomic E-state index is 0.00169. The second kappa shape index (κ2) is 9.54. The van der Waals surface area contributed by atoms with Gasteiger partial charge in [-0.1, -0.05) is 35.3 Å². The molecule has 2 aliphatic heterocycles. The van der Waals surface area contributed by atoms with Crippen LogP contribution >= 0.6 is 23.2 Å². The van der Waals surface area contributed by atoms with Gasteiger partial charge in [-0.05, 0) is 42.3 Å². The van der Waals surface area contributed by atoms with Crippen LogP contribution in [0.5, 0.6) is 5.75 Å². The lowest BCUT2D eigenvalue weighted by atomic mass is 10.0. The Morgan fingerprint density at radius 2 is 1.66 bits per heavy atom. The highest BCUT2D eigenvalue weighted by Crippen LogP contribution is 2.30. The van der Waals surface area contributed by atoms with Crippen LogP contribution in [0.2, 0.25) is 10.0 Å². The molecule has 2 N–H and O–H groups in total. The summed E-state index contributed by atoms with van der Waals surface area (Å²) in [6.45, 7) is 1.02. The molecule has 0 saturated carbocycles. The number of hydrogen-bond donors (Lipinski definition) is 2. The quantitative estimate of drug-likeness (QED) is 0.657. The number of nitrogens with zero attached hydrogens (tertiary/aromatic N) is 2. The minimum atomic E-state index is -3.80. The number of carbonyl (C=O) groups is 1. The summed E-state index contributed by atoms with van der Waals surface area (Å²) in [5, 5.41) is 0.976. The molecule has 172 valence electrons. The number of hydrazine groups is 1. The Morgan fingerprint density at radius 3 is 2.31 bits per heavy atom. The van der Waals surface area contributed by atoms with Gasteiger partial charge in [-0.3, -0.25) is 4.79 Å². The van der Waals surface area contributed by atoms with Gasteiger partial charge in [0.15, 0.2) is 0 Å². The van der Waals surface area contributed by atoms with Crippen molar-refractivity contribution < 1.29 is 17.9 Å². The summed E-state index contributed by atoms with van der Waals surface area (Å²) in [5.74, 6) is 0.189. The van der Waals surface area contributed by atoms with Crippen LogP contribution in [0.4, 0.5) is 0 Å². The maximum Gasteiger partial charge on any atom is 0.246 e. The lowest BCUT2D eigenvalue weighted by Gasteiger charge is -2.35. The summed E-state index contributed by atoms with van der Waals surface area (Å²) in [6.07, 6.45) is 0.596. The average Bonchev–Trinajstić information content (AvgIpc) is 3.29. The smallest absolute Gasteiger partial charge is 0.246 e. The molecule has 0 radical (unpaired) electrons. The van der Waals surface area contributed by atoms with E-state index in [-0.39, 0.29) is 41.7 Å². The van der Waals surface area contributed by atoms with Crippen molar-refractivity contribution in [2.75, 3.05) is 33.3 Å². The van der Waals surface area contributed by atoms with E-state index in [0.717, 1.165) is 5.56 Å². The normalized spacial score (nSPS) is 22.2. The molecule has 0 bridgehead atoms. The number of sulfonamides is 1. The van der Waals surface area contributed by atoms with E-state index in [2.05, 4.69) is 10.9 Å². The first-order valence-corrected chi connectivity index (χ1v) is 12.4. The van der Waals surface area contributed by atoms with Crippen LogP contribution in [0.3, 0.4) is 0 Å². The van der Waals surface area contributed by atoms with Crippen molar-refractivity contribution in [2.45, 2.75) is 23.4 Å². The first-order valence-electron chi connectivity index (χ1n) is 10.2. The zero-order valence-electron chi connectivity index (χ0n) is 17.4. The summed E-state index contributed by atoms with van der Waals surface area (Å²) in [6, 6.07) is 11.6. The Hall–Kier alpha value is -1.88. The van der Waals surface area contributed by atoms with E-state index >= 15 is 0 Å². The average molecular weight is 499 g/mol. The van der Waals surface area contributed by atoms with E-state index in [9.17, 15) is 13.2 Å². The van der Waals surface area contributed by atoms with Gasteiger partial charge < -0.3 is 9.64 Å². The third-order valence-electron chi connectivity index (χ3n) is 5.77. The molecule has 0 aliphatic carbocycles. The molecule has 32 heavy (non-hydrogen) atoms. The molecule has 2 aromatic rings. The summed E-state index contributed by atoms with van der Waals surface area (Å²) in [4.78, 5) is 14.7. The van der Waals surface area contributed by atoms with Crippen molar-refractivity contribution in [2.24, 2.45) is 0 Å². The molecule has 2 atom stereocenters. The van der Waals surface area contributed by atoms with Crippen molar-refractivity contribution in [3.63, 3.8) is 0 Å². The number of piperazine rings is 1. The fourth-order valence-electron chi connectivity index (χ4n) is 3.99. The number of amides is 1. The van der Waals surface area contributed by atoms with E-state index < -0.39 is 10.0 Å². The number of rotatable bonds is 5. The zero-order chi connectivity index (χ0) is 22.9. The van der Waals surface area contributed by atoms with Gasteiger partial charge in [0.05, 0.1) is 7.11 Å². The highest BCUT2D eigenvalue weighted by molar-refractivity contribution is 7.89. The second-order valence-electron chi connectivity index (χ2n) is 7.71. The molecule has 2 aromatic carbocycles. The van der Waals surface area contributed by atoms with Gasteiger partial charge in [0.2, 0.25) is 15.9 Å². The summed E-state index contributed by atoms with van der Waals surface area (Å²) in [7, 11) is -2.38. The summed E-state index contributed by atoms with van der Waals surface area (Å²) < 4.78 is 32.8. The van der Waals surface area contributed by atoms with E-state index in [1.165, 1.54) is 23.5 Å². The number of hydrogen-bond acceptors (Lipinski definition) is 6. The highest BCUT2D eigenvalue weighted by atomic mass is 35.5. The molecule has 2 aliphatic rings. The fourth-order valence-corrected chi connectivity index (χ4v) is 5.96. The van der Waals surface area contributed by atoms with Gasteiger partial charge in [-0.15, -0.1) is 0 Å². The van der Waals surface area contributed by atoms with Crippen LogP contribution in [0, 0.1) is 0 Å². The van der Waals surface area contributed by atoms with Gasteiger partial charge >= 0.3 is 0 Å². The Morgan fingerprint density at radius 1 is 1.00 bits per heavy atom. The van der Waals surface area contributed by atoms with Crippen LogP contribution in [0.1, 0.15) is 18.0 Å². The van der Waals surface area contributed by atoms with E-state index in [4.69, 9.17) is 27.9 Å². The molecule has 0 aromatic heterocycles. The second-order valence-corrected chi connectivity index (χ2v) is 10.5. The van der Waals surface area contributed by atoms with Crippen LogP contribution < -0.4 is 15.6 Å². The first-order chi connectivity index (χ1) is 15.3. The van der Waals surface area contributed by atoms with Crippen molar-refractivity contribution in [3.8, 4) is 5.75 Å². The molecule has 11 heteroatoms. The van der Waals surface area contributed by atoms with Crippen molar-refractivity contribution in [1.82, 2.24) is 20.1 Å².